The van der Waals surface area contributed by atoms with Gasteiger partial charge < -0.3 is 15.2 Å². The van der Waals surface area contributed by atoms with Gasteiger partial charge in [0.25, 0.3) is 0 Å². The maximum absolute atomic E-state index is 11.3. The lowest BCUT2D eigenvalue weighted by molar-refractivity contribution is -0.386. The second-order valence-electron chi connectivity index (χ2n) is 5.47. The minimum atomic E-state index is -0.424. The predicted molar refractivity (Wildman–Crippen MR) is 86.6 cm³/mol. The fourth-order valence-electron chi connectivity index (χ4n) is 2.14. The van der Waals surface area contributed by atoms with Gasteiger partial charge in [0, 0.05) is 12.1 Å². The molecule has 1 rings (SSSR count). The monoisotopic (exact) mass is 310 g/mol. The van der Waals surface area contributed by atoms with Crippen LogP contribution in [0.3, 0.4) is 0 Å². The van der Waals surface area contributed by atoms with Crippen molar-refractivity contribution in [3.05, 3.63) is 27.8 Å². The van der Waals surface area contributed by atoms with Gasteiger partial charge in [-0.2, -0.15) is 0 Å². The van der Waals surface area contributed by atoms with Crippen molar-refractivity contribution < 1.29 is 14.4 Å². The van der Waals surface area contributed by atoms with Crippen LogP contribution in [0.5, 0.6) is 11.5 Å². The number of benzene rings is 1. The number of methoxy groups -OCH3 is 1. The lowest BCUT2D eigenvalue weighted by Crippen LogP contribution is -2.15. The molecule has 124 valence electrons. The molecule has 6 nitrogen and oxygen atoms in total. The molecule has 0 aliphatic rings. The summed E-state index contributed by atoms with van der Waals surface area (Å²) in [7, 11) is 1.49. The Morgan fingerprint density at radius 1 is 1.36 bits per heavy atom. The van der Waals surface area contributed by atoms with Crippen LogP contribution in [0.1, 0.15) is 45.1 Å². The summed E-state index contributed by atoms with van der Waals surface area (Å²) in [5.41, 5.74) is 6.53. The molecule has 0 heterocycles. The Hall–Kier alpha value is -1.82. The lowest BCUT2D eigenvalue weighted by atomic mass is 10.0. The van der Waals surface area contributed by atoms with E-state index < -0.39 is 4.92 Å². The van der Waals surface area contributed by atoms with Crippen molar-refractivity contribution >= 4 is 5.69 Å². The summed E-state index contributed by atoms with van der Waals surface area (Å²) in [5.74, 6) is 0.624. The van der Waals surface area contributed by atoms with E-state index in [1.807, 2.05) is 6.92 Å². The Bertz CT molecular complexity index is 489. The van der Waals surface area contributed by atoms with Gasteiger partial charge in [0.2, 0.25) is 5.75 Å². The molecule has 1 aromatic rings. The second-order valence-corrected chi connectivity index (χ2v) is 5.47. The van der Waals surface area contributed by atoms with Gasteiger partial charge in [-0.1, -0.05) is 19.8 Å². The van der Waals surface area contributed by atoms with E-state index in [-0.39, 0.29) is 17.5 Å². The van der Waals surface area contributed by atoms with Gasteiger partial charge in [-0.15, -0.1) is 0 Å². The summed E-state index contributed by atoms with van der Waals surface area (Å²) in [6, 6.07) is 3.40. The smallest absolute Gasteiger partial charge is 0.315 e. The third-order valence-corrected chi connectivity index (χ3v) is 3.39. The summed E-state index contributed by atoms with van der Waals surface area (Å²) in [6.07, 6.45) is 4.40. The van der Waals surface area contributed by atoms with Crippen LogP contribution in [0.4, 0.5) is 5.69 Å². The van der Waals surface area contributed by atoms with Gasteiger partial charge in [-0.25, -0.2) is 0 Å². The van der Waals surface area contributed by atoms with E-state index in [1.54, 1.807) is 12.1 Å². The third-order valence-electron chi connectivity index (χ3n) is 3.39. The largest absolute Gasteiger partial charge is 0.493 e. The van der Waals surface area contributed by atoms with E-state index >= 15 is 0 Å². The first-order valence-corrected chi connectivity index (χ1v) is 7.73. The van der Waals surface area contributed by atoms with Gasteiger partial charge in [-0.05, 0) is 37.8 Å². The van der Waals surface area contributed by atoms with Gasteiger partial charge in [0.15, 0.2) is 5.75 Å². The predicted octanol–water partition coefficient (Wildman–Crippen LogP) is 3.45. The summed E-state index contributed by atoms with van der Waals surface area (Å²) in [5, 5.41) is 11.3. The molecule has 1 atom stereocenters. The highest BCUT2D eigenvalue weighted by Crippen LogP contribution is 2.38. The Balaban J connectivity index is 2.99. The van der Waals surface area contributed by atoms with Crippen molar-refractivity contribution in [1.82, 2.24) is 0 Å². The maximum atomic E-state index is 11.3. The number of aryl methyl sites for hydroxylation is 1. The van der Waals surface area contributed by atoms with Crippen molar-refractivity contribution in [3.63, 3.8) is 0 Å². The Labute approximate surface area is 131 Å². The van der Waals surface area contributed by atoms with E-state index in [2.05, 4.69) is 6.92 Å². The maximum Gasteiger partial charge on any atom is 0.315 e. The Morgan fingerprint density at radius 2 is 2.09 bits per heavy atom. The lowest BCUT2D eigenvalue weighted by Gasteiger charge is -2.13. The summed E-state index contributed by atoms with van der Waals surface area (Å²) in [6.45, 7) is 4.46. The van der Waals surface area contributed by atoms with E-state index in [0.717, 1.165) is 31.2 Å². The minimum Gasteiger partial charge on any atom is -0.493 e. The SMILES string of the molecule is CCCCCOc1c(OC)cc(CCC(C)N)cc1[N+](=O)[O-]. The van der Waals surface area contributed by atoms with Crippen LogP contribution in [0.2, 0.25) is 0 Å². The molecule has 0 radical (unpaired) electrons. The molecular formula is C16H26N2O4. The molecule has 2 N–H and O–H groups in total. The van der Waals surface area contributed by atoms with E-state index in [9.17, 15) is 10.1 Å². The van der Waals surface area contributed by atoms with E-state index in [1.165, 1.54) is 7.11 Å². The van der Waals surface area contributed by atoms with E-state index in [4.69, 9.17) is 15.2 Å². The Kier molecular flexibility index (Phi) is 7.66. The van der Waals surface area contributed by atoms with Crippen LogP contribution in [-0.2, 0) is 6.42 Å². The van der Waals surface area contributed by atoms with Crippen molar-refractivity contribution in [2.45, 2.75) is 52.0 Å². The molecule has 1 aromatic carbocycles. The molecule has 6 heteroatoms. The van der Waals surface area contributed by atoms with Gasteiger partial charge in [-0.3, -0.25) is 10.1 Å². The van der Waals surface area contributed by atoms with Crippen molar-refractivity contribution in [3.8, 4) is 11.5 Å². The molecule has 0 fully saturated rings. The van der Waals surface area contributed by atoms with Gasteiger partial charge in [0.1, 0.15) is 0 Å². The molecule has 0 amide bonds. The number of hydrogen-bond acceptors (Lipinski definition) is 5. The van der Waals surface area contributed by atoms with Crippen molar-refractivity contribution in [2.75, 3.05) is 13.7 Å². The molecule has 0 saturated carbocycles. The van der Waals surface area contributed by atoms with Crippen LogP contribution >= 0.6 is 0 Å². The van der Waals surface area contributed by atoms with Crippen LogP contribution in [0.15, 0.2) is 12.1 Å². The number of nitro groups is 1. The standard InChI is InChI=1S/C16H26N2O4/c1-4-5-6-9-22-16-14(18(19)20)10-13(8-7-12(2)17)11-15(16)21-3/h10-12H,4-9,17H2,1-3H3. The molecule has 0 aromatic heterocycles. The average Bonchev–Trinajstić information content (AvgIpc) is 2.49. The number of nitrogens with zero attached hydrogens (tertiary/aromatic N) is 1. The molecule has 1 unspecified atom stereocenters. The molecule has 0 spiro atoms. The number of hydrogen-bond donors (Lipinski definition) is 1. The first-order chi connectivity index (χ1) is 10.5. The molecule has 0 saturated heterocycles. The number of unbranched alkanes of at least 4 members (excludes halogenated alkanes) is 2. The zero-order chi connectivity index (χ0) is 16.5. The zero-order valence-electron chi connectivity index (χ0n) is 13.6. The van der Waals surface area contributed by atoms with Crippen LogP contribution in [0, 0.1) is 10.1 Å². The zero-order valence-corrected chi connectivity index (χ0v) is 13.6. The fourth-order valence-corrected chi connectivity index (χ4v) is 2.14. The van der Waals surface area contributed by atoms with Crippen molar-refractivity contribution in [2.24, 2.45) is 5.73 Å². The molecule has 22 heavy (non-hydrogen) atoms. The van der Waals surface area contributed by atoms with Gasteiger partial charge in [0.05, 0.1) is 18.6 Å². The minimum absolute atomic E-state index is 0.0458. The number of ether oxygens (including phenoxy) is 2. The molecular weight excluding hydrogens is 284 g/mol. The van der Waals surface area contributed by atoms with Crippen LogP contribution < -0.4 is 15.2 Å². The van der Waals surface area contributed by atoms with Crippen LogP contribution in [-0.4, -0.2) is 24.7 Å². The first kappa shape index (κ1) is 18.2. The topological polar surface area (TPSA) is 87.6 Å². The highest BCUT2D eigenvalue weighted by Gasteiger charge is 2.22. The fraction of sp³-hybridized carbons (Fsp3) is 0.625. The summed E-state index contributed by atoms with van der Waals surface area (Å²) < 4.78 is 10.9. The molecule has 0 aliphatic carbocycles. The molecule has 0 aliphatic heterocycles. The number of nitrogens with two attached hydrogens (primary N) is 1. The highest BCUT2D eigenvalue weighted by atomic mass is 16.6. The second kappa shape index (κ2) is 9.25. The normalized spacial score (nSPS) is 12.0. The third kappa shape index (κ3) is 5.52. The molecule has 0 bridgehead atoms. The quantitative estimate of drug-likeness (QED) is 0.406. The summed E-state index contributed by atoms with van der Waals surface area (Å²) in [4.78, 5) is 10.9. The number of rotatable bonds is 10. The van der Waals surface area contributed by atoms with E-state index in [0.29, 0.717) is 18.8 Å². The Morgan fingerprint density at radius 3 is 2.64 bits per heavy atom. The first-order valence-electron chi connectivity index (χ1n) is 7.73. The highest BCUT2D eigenvalue weighted by molar-refractivity contribution is 5.58. The number of nitro benzene ring substituents is 1. The summed E-state index contributed by atoms with van der Waals surface area (Å²) >= 11 is 0. The average molecular weight is 310 g/mol. The van der Waals surface area contributed by atoms with Gasteiger partial charge >= 0.3 is 5.69 Å². The van der Waals surface area contributed by atoms with Crippen LogP contribution in [0.25, 0.3) is 0 Å². The van der Waals surface area contributed by atoms with Crippen molar-refractivity contribution in [1.29, 1.82) is 0 Å².